The second kappa shape index (κ2) is 7.12. The highest BCUT2D eigenvalue weighted by Gasteiger charge is 2.26. The van der Waals surface area contributed by atoms with E-state index >= 15 is 0 Å². The summed E-state index contributed by atoms with van der Waals surface area (Å²) in [6.45, 7) is 2.35. The number of nitrogens with zero attached hydrogens (tertiary/aromatic N) is 1. The maximum atomic E-state index is 12.2. The Balaban J connectivity index is 1.46. The van der Waals surface area contributed by atoms with Crippen LogP contribution in [0.5, 0.6) is 0 Å². The van der Waals surface area contributed by atoms with Gasteiger partial charge in [0, 0.05) is 25.6 Å². The van der Waals surface area contributed by atoms with Crippen molar-refractivity contribution in [3.63, 3.8) is 0 Å². The zero-order valence-electron chi connectivity index (χ0n) is 12.7. The van der Waals surface area contributed by atoms with Crippen LogP contribution in [0.15, 0.2) is 60.7 Å². The van der Waals surface area contributed by atoms with Gasteiger partial charge < -0.3 is 10.2 Å². The number of hydrogen-bond acceptors (Lipinski definition) is 1. The van der Waals surface area contributed by atoms with E-state index in [2.05, 4.69) is 41.7 Å². The fourth-order valence-electron chi connectivity index (χ4n) is 3.01. The van der Waals surface area contributed by atoms with Crippen molar-refractivity contribution in [1.29, 1.82) is 0 Å². The Morgan fingerprint density at radius 1 is 1.05 bits per heavy atom. The average molecular weight is 294 g/mol. The Bertz CT molecular complexity index is 597. The quantitative estimate of drug-likeness (QED) is 0.920. The van der Waals surface area contributed by atoms with Gasteiger partial charge in [-0.25, -0.2) is 4.79 Å². The fraction of sp³-hybridized carbons (Fsp3) is 0.316. The van der Waals surface area contributed by atoms with Crippen molar-refractivity contribution < 1.29 is 4.79 Å². The molecule has 1 unspecified atom stereocenters. The number of amides is 2. The summed E-state index contributed by atoms with van der Waals surface area (Å²) in [5.41, 5.74) is 2.59. The van der Waals surface area contributed by atoms with Crippen molar-refractivity contribution in [3.05, 3.63) is 71.8 Å². The molecule has 0 spiro atoms. The molecule has 22 heavy (non-hydrogen) atoms. The molecule has 2 aromatic rings. The number of likely N-dealkylation sites (tertiary alicyclic amines) is 1. The molecule has 1 fully saturated rings. The monoisotopic (exact) mass is 294 g/mol. The van der Waals surface area contributed by atoms with Gasteiger partial charge in [-0.2, -0.15) is 0 Å². The minimum absolute atomic E-state index is 0.0642. The van der Waals surface area contributed by atoms with E-state index < -0.39 is 0 Å². The summed E-state index contributed by atoms with van der Waals surface area (Å²) in [5.74, 6) is 0.473. The third kappa shape index (κ3) is 3.67. The molecule has 3 nitrogen and oxygen atoms in total. The smallest absolute Gasteiger partial charge is 0.317 e. The molecule has 3 rings (SSSR count). The van der Waals surface area contributed by atoms with Crippen LogP contribution in [0.25, 0.3) is 0 Å². The van der Waals surface area contributed by atoms with Crippen LogP contribution in [-0.4, -0.2) is 30.6 Å². The van der Waals surface area contributed by atoms with Crippen molar-refractivity contribution in [3.8, 4) is 0 Å². The van der Waals surface area contributed by atoms with Crippen molar-refractivity contribution in [2.24, 2.45) is 0 Å². The number of carbonyl (C=O) groups excluding carboxylic acids is 1. The van der Waals surface area contributed by atoms with Crippen LogP contribution in [-0.2, 0) is 6.42 Å². The van der Waals surface area contributed by atoms with Crippen LogP contribution in [0.1, 0.15) is 23.5 Å². The number of carbonyl (C=O) groups is 1. The molecule has 1 N–H and O–H groups in total. The van der Waals surface area contributed by atoms with E-state index in [4.69, 9.17) is 0 Å². The second-order valence-electron chi connectivity index (χ2n) is 5.81. The van der Waals surface area contributed by atoms with E-state index in [1.807, 2.05) is 29.2 Å². The minimum Gasteiger partial charge on any atom is -0.338 e. The maximum Gasteiger partial charge on any atom is 0.317 e. The molecule has 1 aliphatic heterocycles. The first kappa shape index (κ1) is 14.6. The molecule has 1 saturated heterocycles. The average Bonchev–Trinajstić information content (AvgIpc) is 3.07. The van der Waals surface area contributed by atoms with E-state index in [9.17, 15) is 4.79 Å². The van der Waals surface area contributed by atoms with Crippen LogP contribution < -0.4 is 5.32 Å². The first-order valence-electron chi connectivity index (χ1n) is 7.94. The van der Waals surface area contributed by atoms with Crippen molar-refractivity contribution in [2.45, 2.75) is 18.8 Å². The standard InChI is InChI=1S/C19H22N2O/c22-19(20-13-11-16-7-3-1-4-8-16)21-14-12-18(15-21)17-9-5-2-6-10-17/h1-10,18H,11-15H2,(H,20,22). The van der Waals surface area contributed by atoms with Gasteiger partial charge in [-0.1, -0.05) is 60.7 Å². The summed E-state index contributed by atoms with van der Waals surface area (Å²) >= 11 is 0. The van der Waals surface area contributed by atoms with Gasteiger partial charge >= 0.3 is 6.03 Å². The largest absolute Gasteiger partial charge is 0.338 e. The number of nitrogens with one attached hydrogen (secondary N) is 1. The summed E-state index contributed by atoms with van der Waals surface area (Å²) in [4.78, 5) is 14.2. The lowest BCUT2D eigenvalue weighted by atomic mass is 9.99. The van der Waals surface area contributed by atoms with Crippen LogP contribution >= 0.6 is 0 Å². The van der Waals surface area contributed by atoms with E-state index in [-0.39, 0.29) is 6.03 Å². The van der Waals surface area contributed by atoms with Crippen LogP contribution in [0.3, 0.4) is 0 Å². The van der Waals surface area contributed by atoms with Crippen molar-refractivity contribution in [2.75, 3.05) is 19.6 Å². The molecule has 0 saturated carbocycles. The van der Waals surface area contributed by atoms with Crippen molar-refractivity contribution >= 4 is 6.03 Å². The fourth-order valence-corrected chi connectivity index (χ4v) is 3.01. The lowest BCUT2D eigenvalue weighted by Gasteiger charge is -2.17. The van der Waals surface area contributed by atoms with Gasteiger partial charge in [0.15, 0.2) is 0 Å². The summed E-state index contributed by atoms with van der Waals surface area (Å²) < 4.78 is 0. The third-order valence-corrected chi connectivity index (χ3v) is 4.28. The SMILES string of the molecule is O=C(NCCc1ccccc1)N1CCC(c2ccccc2)C1. The minimum atomic E-state index is 0.0642. The Hall–Kier alpha value is -2.29. The van der Waals surface area contributed by atoms with Gasteiger partial charge in [0.05, 0.1) is 0 Å². The summed E-state index contributed by atoms with van der Waals surface area (Å²) in [7, 11) is 0. The van der Waals surface area contributed by atoms with E-state index in [0.29, 0.717) is 12.5 Å². The Kier molecular flexibility index (Phi) is 4.74. The van der Waals surface area contributed by atoms with Crippen LogP contribution in [0.4, 0.5) is 4.79 Å². The maximum absolute atomic E-state index is 12.2. The molecule has 2 amide bonds. The molecule has 1 atom stereocenters. The zero-order valence-corrected chi connectivity index (χ0v) is 12.7. The van der Waals surface area contributed by atoms with Gasteiger partial charge in [0.25, 0.3) is 0 Å². The molecule has 3 heteroatoms. The Morgan fingerprint density at radius 3 is 2.45 bits per heavy atom. The number of benzene rings is 2. The predicted molar refractivity (Wildman–Crippen MR) is 88.9 cm³/mol. The number of rotatable bonds is 4. The van der Waals surface area contributed by atoms with Gasteiger partial charge in [0.1, 0.15) is 0 Å². The highest BCUT2D eigenvalue weighted by Crippen LogP contribution is 2.26. The summed E-state index contributed by atoms with van der Waals surface area (Å²) in [5, 5.41) is 3.03. The molecule has 0 aromatic heterocycles. The Morgan fingerprint density at radius 2 is 1.73 bits per heavy atom. The first-order chi connectivity index (χ1) is 10.8. The topological polar surface area (TPSA) is 32.3 Å². The lowest BCUT2D eigenvalue weighted by Crippen LogP contribution is -2.39. The lowest BCUT2D eigenvalue weighted by molar-refractivity contribution is 0.208. The molecule has 0 radical (unpaired) electrons. The van der Waals surface area contributed by atoms with E-state index in [1.54, 1.807) is 0 Å². The van der Waals surface area contributed by atoms with Gasteiger partial charge in [-0.05, 0) is 24.0 Å². The third-order valence-electron chi connectivity index (χ3n) is 4.28. The molecule has 0 bridgehead atoms. The van der Waals surface area contributed by atoms with Gasteiger partial charge in [0.2, 0.25) is 0 Å². The molecule has 114 valence electrons. The molecule has 0 aliphatic carbocycles. The van der Waals surface area contributed by atoms with Crippen molar-refractivity contribution in [1.82, 2.24) is 10.2 Å². The first-order valence-corrected chi connectivity index (χ1v) is 7.94. The molecular formula is C19H22N2O. The highest BCUT2D eigenvalue weighted by molar-refractivity contribution is 5.74. The van der Waals surface area contributed by atoms with Crippen LogP contribution in [0, 0.1) is 0 Å². The molecule has 2 aromatic carbocycles. The van der Waals surface area contributed by atoms with Gasteiger partial charge in [-0.15, -0.1) is 0 Å². The second-order valence-corrected chi connectivity index (χ2v) is 5.81. The predicted octanol–water partition coefficient (Wildman–Crippen LogP) is 3.43. The summed E-state index contributed by atoms with van der Waals surface area (Å²) in [6.07, 6.45) is 1.93. The number of hydrogen-bond donors (Lipinski definition) is 1. The molecule has 1 heterocycles. The Labute approximate surface area is 132 Å². The van der Waals surface area contributed by atoms with E-state index in [1.165, 1.54) is 11.1 Å². The molecule has 1 aliphatic rings. The number of urea groups is 1. The van der Waals surface area contributed by atoms with Crippen LogP contribution in [0.2, 0.25) is 0 Å². The highest BCUT2D eigenvalue weighted by atomic mass is 16.2. The normalized spacial score (nSPS) is 17.5. The molecular weight excluding hydrogens is 272 g/mol. The summed E-state index contributed by atoms with van der Waals surface area (Å²) in [6, 6.07) is 20.8. The van der Waals surface area contributed by atoms with Gasteiger partial charge in [-0.3, -0.25) is 0 Å². The zero-order chi connectivity index (χ0) is 15.2. The van der Waals surface area contributed by atoms with E-state index in [0.717, 1.165) is 25.9 Å².